The van der Waals surface area contributed by atoms with Crippen LogP contribution in [-0.4, -0.2) is 49.4 Å². The van der Waals surface area contributed by atoms with E-state index in [1.54, 1.807) is 36.2 Å². The fourth-order valence-corrected chi connectivity index (χ4v) is 3.70. The number of amides is 2. The average Bonchev–Trinajstić information content (AvgIpc) is 2.73. The second-order valence-electron chi connectivity index (χ2n) is 7.11. The van der Waals surface area contributed by atoms with Crippen LogP contribution in [0.4, 0.5) is 5.69 Å². The molecule has 1 heterocycles. The molecule has 148 valence electrons. The summed E-state index contributed by atoms with van der Waals surface area (Å²) >= 11 is 6.33. The molecule has 5 nitrogen and oxygen atoms in total. The minimum absolute atomic E-state index is 0.0372. The summed E-state index contributed by atoms with van der Waals surface area (Å²) in [6.45, 7) is 4.17. The van der Waals surface area contributed by atoms with Crippen molar-refractivity contribution in [2.24, 2.45) is 0 Å². The number of hydrogen-bond donors (Lipinski definition) is 1. The molecule has 0 saturated carbocycles. The first-order valence-corrected chi connectivity index (χ1v) is 10.0. The molecule has 1 aliphatic heterocycles. The first-order chi connectivity index (χ1) is 13.5. The fourth-order valence-electron chi connectivity index (χ4n) is 3.45. The topological polar surface area (TPSA) is 52.7 Å². The van der Waals surface area contributed by atoms with E-state index in [2.05, 4.69) is 10.2 Å². The highest BCUT2D eigenvalue weighted by atomic mass is 35.5. The number of nitrogens with one attached hydrogen (secondary N) is 1. The Morgan fingerprint density at radius 3 is 2.68 bits per heavy atom. The predicted molar refractivity (Wildman–Crippen MR) is 113 cm³/mol. The van der Waals surface area contributed by atoms with E-state index in [0.29, 0.717) is 24.2 Å². The number of benzene rings is 2. The maximum Gasteiger partial charge on any atom is 0.253 e. The van der Waals surface area contributed by atoms with Crippen molar-refractivity contribution in [2.45, 2.75) is 25.8 Å². The van der Waals surface area contributed by atoms with E-state index >= 15 is 0 Å². The molecule has 1 atom stereocenters. The van der Waals surface area contributed by atoms with Crippen molar-refractivity contribution in [1.82, 2.24) is 10.2 Å². The Balaban J connectivity index is 1.68. The fraction of sp³-hybridized carbons (Fsp3) is 0.364. The number of carbonyl (C=O) groups is 2. The molecule has 0 aromatic heterocycles. The van der Waals surface area contributed by atoms with Crippen molar-refractivity contribution in [1.29, 1.82) is 0 Å². The van der Waals surface area contributed by atoms with Gasteiger partial charge in [0, 0.05) is 43.9 Å². The summed E-state index contributed by atoms with van der Waals surface area (Å²) in [5.74, 6) is -0.237. The lowest BCUT2D eigenvalue weighted by molar-refractivity contribution is 0.0802. The van der Waals surface area contributed by atoms with Crippen LogP contribution >= 0.6 is 11.6 Å². The second kappa shape index (κ2) is 9.11. The maximum absolute atomic E-state index is 12.8. The number of para-hydroxylation sites is 1. The van der Waals surface area contributed by atoms with Crippen LogP contribution in [0.2, 0.25) is 5.02 Å². The lowest BCUT2D eigenvalue weighted by Gasteiger charge is -2.35. The van der Waals surface area contributed by atoms with Gasteiger partial charge < -0.3 is 15.1 Å². The van der Waals surface area contributed by atoms with E-state index in [0.717, 1.165) is 30.1 Å². The molecule has 1 N–H and O–H groups in total. The third-order valence-electron chi connectivity index (χ3n) is 5.14. The van der Waals surface area contributed by atoms with Gasteiger partial charge in [0.15, 0.2) is 0 Å². The summed E-state index contributed by atoms with van der Waals surface area (Å²) in [5, 5.41) is 3.84. The van der Waals surface area contributed by atoms with Crippen molar-refractivity contribution < 1.29 is 9.59 Å². The molecule has 0 bridgehead atoms. The molecule has 0 radical (unpaired) electrons. The molecular formula is C22H26ClN3O2. The summed E-state index contributed by atoms with van der Waals surface area (Å²) in [4.78, 5) is 28.9. The Morgan fingerprint density at radius 1 is 1.18 bits per heavy atom. The molecule has 1 fully saturated rings. The zero-order valence-electron chi connectivity index (χ0n) is 16.3. The number of nitrogens with zero attached hydrogens (tertiary/aromatic N) is 2. The maximum atomic E-state index is 12.8. The van der Waals surface area contributed by atoms with E-state index in [1.807, 2.05) is 31.2 Å². The summed E-state index contributed by atoms with van der Waals surface area (Å²) in [6, 6.07) is 14.7. The SMILES string of the molecule is CCN(C)C(=O)c1cccc(C(=O)NC2CCCN(c3ccccc3Cl)C2)c1. The van der Waals surface area contributed by atoms with Crippen molar-refractivity contribution in [3.05, 3.63) is 64.7 Å². The largest absolute Gasteiger partial charge is 0.368 e. The highest BCUT2D eigenvalue weighted by molar-refractivity contribution is 6.33. The standard InChI is InChI=1S/C22H26ClN3O2/c1-3-25(2)22(28)17-9-6-8-16(14-17)21(27)24-18-10-7-13-26(15-18)20-12-5-4-11-19(20)23/h4-6,8-9,11-12,14,18H,3,7,10,13,15H2,1-2H3,(H,24,27). The number of carbonyl (C=O) groups excluding carboxylic acids is 2. The number of piperidine rings is 1. The second-order valence-corrected chi connectivity index (χ2v) is 7.52. The van der Waals surface area contributed by atoms with Crippen LogP contribution in [0.15, 0.2) is 48.5 Å². The Hall–Kier alpha value is -2.53. The minimum atomic E-state index is -0.153. The van der Waals surface area contributed by atoms with Crippen LogP contribution < -0.4 is 10.2 Å². The van der Waals surface area contributed by atoms with Crippen molar-refractivity contribution in [2.75, 3.05) is 31.6 Å². The molecule has 0 aliphatic carbocycles. The Morgan fingerprint density at radius 2 is 1.93 bits per heavy atom. The zero-order valence-corrected chi connectivity index (χ0v) is 17.1. The Kier molecular flexibility index (Phi) is 6.57. The quantitative estimate of drug-likeness (QED) is 0.831. The van der Waals surface area contributed by atoms with Gasteiger partial charge in [0.05, 0.1) is 10.7 Å². The number of anilines is 1. The third kappa shape index (κ3) is 4.65. The van der Waals surface area contributed by atoms with Crippen LogP contribution in [0.1, 0.15) is 40.5 Å². The van der Waals surface area contributed by atoms with Crippen LogP contribution in [0.5, 0.6) is 0 Å². The molecule has 3 rings (SSSR count). The molecule has 0 spiro atoms. The summed E-state index contributed by atoms with van der Waals surface area (Å²) in [5.41, 5.74) is 2.03. The van der Waals surface area contributed by atoms with Gasteiger partial charge in [0.25, 0.3) is 11.8 Å². The molecular weight excluding hydrogens is 374 g/mol. The summed E-state index contributed by atoms with van der Waals surface area (Å²) in [6.07, 6.45) is 1.90. The summed E-state index contributed by atoms with van der Waals surface area (Å²) in [7, 11) is 1.75. The van der Waals surface area contributed by atoms with Gasteiger partial charge >= 0.3 is 0 Å². The van der Waals surface area contributed by atoms with Crippen molar-refractivity contribution >= 4 is 29.1 Å². The third-order valence-corrected chi connectivity index (χ3v) is 5.46. The molecule has 1 aliphatic rings. The van der Waals surface area contributed by atoms with Gasteiger partial charge in [-0.1, -0.05) is 29.8 Å². The monoisotopic (exact) mass is 399 g/mol. The molecule has 28 heavy (non-hydrogen) atoms. The molecule has 1 unspecified atom stereocenters. The highest BCUT2D eigenvalue weighted by Gasteiger charge is 2.23. The van der Waals surface area contributed by atoms with Crippen molar-refractivity contribution in [3.8, 4) is 0 Å². The van der Waals surface area contributed by atoms with Crippen LogP contribution in [-0.2, 0) is 0 Å². The lowest BCUT2D eigenvalue weighted by atomic mass is 10.0. The molecule has 2 aromatic carbocycles. The van der Waals surface area contributed by atoms with Gasteiger partial charge in [0.2, 0.25) is 0 Å². The van der Waals surface area contributed by atoms with Gasteiger partial charge in [-0.2, -0.15) is 0 Å². The van der Waals surface area contributed by atoms with Gasteiger partial charge in [0.1, 0.15) is 0 Å². The normalized spacial score (nSPS) is 16.5. The molecule has 1 saturated heterocycles. The minimum Gasteiger partial charge on any atom is -0.368 e. The number of halogens is 1. The van der Waals surface area contributed by atoms with Gasteiger partial charge in [-0.05, 0) is 50.1 Å². The molecule has 6 heteroatoms. The highest BCUT2D eigenvalue weighted by Crippen LogP contribution is 2.27. The average molecular weight is 400 g/mol. The Labute approximate surface area is 171 Å². The molecule has 2 amide bonds. The Bertz CT molecular complexity index is 855. The van der Waals surface area contributed by atoms with E-state index in [9.17, 15) is 9.59 Å². The van der Waals surface area contributed by atoms with E-state index < -0.39 is 0 Å². The first-order valence-electron chi connectivity index (χ1n) is 9.65. The van der Waals surface area contributed by atoms with Crippen LogP contribution in [0, 0.1) is 0 Å². The number of rotatable bonds is 5. The lowest BCUT2D eigenvalue weighted by Crippen LogP contribution is -2.48. The smallest absolute Gasteiger partial charge is 0.253 e. The van der Waals surface area contributed by atoms with Crippen molar-refractivity contribution in [3.63, 3.8) is 0 Å². The molecule has 2 aromatic rings. The van der Waals surface area contributed by atoms with Gasteiger partial charge in [-0.15, -0.1) is 0 Å². The van der Waals surface area contributed by atoms with E-state index in [4.69, 9.17) is 11.6 Å². The van der Waals surface area contributed by atoms with Crippen LogP contribution in [0.3, 0.4) is 0 Å². The zero-order chi connectivity index (χ0) is 20.1. The summed E-state index contributed by atoms with van der Waals surface area (Å²) < 4.78 is 0. The van der Waals surface area contributed by atoms with Crippen LogP contribution in [0.25, 0.3) is 0 Å². The van der Waals surface area contributed by atoms with E-state index in [1.165, 1.54) is 0 Å². The predicted octanol–water partition coefficient (Wildman–Crippen LogP) is 3.83. The van der Waals surface area contributed by atoms with Gasteiger partial charge in [-0.25, -0.2) is 0 Å². The van der Waals surface area contributed by atoms with Gasteiger partial charge in [-0.3, -0.25) is 9.59 Å². The first kappa shape index (κ1) is 20.2. The number of hydrogen-bond acceptors (Lipinski definition) is 3. The van der Waals surface area contributed by atoms with E-state index in [-0.39, 0.29) is 17.9 Å².